The predicted molar refractivity (Wildman–Crippen MR) is 242 cm³/mol. The molecule has 0 saturated carbocycles. The van der Waals surface area contributed by atoms with E-state index in [1.165, 1.54) is 6.26 Å². The number of nitrogens with one attached hydrogen (secondary N) is 2. The van der Waals surface area contributed by atoms with Crippen LogP contribution in [0.1, 0.15) is 28.8 Å². The highest BCUT2D eigenvalue weighted by atomic mass is 32.2. The van der Waals surface area contributed by atoms with E-state index in [1.807, 2.05) is 48.5 Å². The first-order valence-corrected chi connectivity index (χ1v) is 23.4. The van der Waals surface area contributed by atoms with Crippen molar-refractivity contribution in [3.63, 3.8) is 0 Å². The highest BCUT2D eigenvalue weighted by molar-refractivity contribution is 7.90. The first kappa shape index (κ1) is 45.1. The molecule has 16 nitrogen and oxygen atoms in total. The Bertz CT molecular complexity index is 2670. The number of piperidine rings is 1. The van der Waals surface area contributed by atoms with Gasteiger partial charge in [-0.05, 0) is 102 Å². The SMILES string of the molecule is CS(=O)(=O)c1ccc(-c2ccc3cc(O)ccc3c2Oc2ccc(OCCNCCOCCOCC(=O)N3CCN(c4ccc5c(c4)CN(C4CCC(=O)NC4=O)C5=O)CC3)cc2)cc1. The highest BCUT2D eigenvalue weighted by Crippen LogP contribution is 2.41. The zero-order valence-corrected chi connectivity index (χ0v) is 36.8. The van der Waals surface area contributed by atoms with Crippen molar-refractivity contribution in [2.24, 2.45) is 0 Å². The monoisotopic (exact) mass is 905 g/mol. The third kappa shape index (κ3) is 10.9. The molecule has 8 rings (SSSR count). The number of phenolic OH excluding ortho intramolecular Hbond substituents is 1. The van der Waals surface area contributed by atoms with E-state index in [9.17, 15) is 32.7 Å². The van der Waals surface area contributed by atoms with E-state index in [2.05, 4.69) is 15.5 Å². The van der Waals surface area contributed by atoms with Gasteiger partial charge in [0.05, 0.1) is 24.7 Å². The van der Waals surface area contributed by atoms with Crippen molar-refractivity contribution < 1.29 is 51.6 Å². The third-order valence-electron chi connectivity index (χ3n) is 11.7. The maximum atomic E-state index is 13.1. The first-order valence-electron chi connectivity index (χ1n) is 21.5. The summed E-state index contributed by atoms with van der Waals surface area (Å²) in [4.78, 5) is 55.6. The molecule has 0 spiro atoms. The number of carbonyl (C=O) groups is 4. The lowest BCUT2D eigenvalue weighted by Gasteiger charge is -2.36. The van der Waals surface area contributed by atoms with E-state index in [0.717, 1.165) is 33.2 Å². The van der Waals surface area contributed by atoms with E-state index in [1.54, 1.807) is 58.3 Å². The number of ether oxygens (including phenoxy) is 4. The van der Waals surface area contributed by atoms with E-state index < -0.39 is 21.8 Å². The molecule has 3 N–H and O–H groups in total. The minimum absolute atomic E-state index is 0.0256. The lowest BCUT2D eigenvalue weighted by Crippen LogP contribution is -2.52. The summed E-state index contributed by atoms with van der Waals surface area (Å²) in [5.74, 6) is 0.926. The van der Waals surface area contributed by atoms with Crippen LogP contribution in [0.5, 0.6) is 23.0 Å². The Labute approximate surface area is 376 Å². The Morgan fingerprint density at radius 3 is 2.28 bits per heavy atom. The van der Waals surface area contributed by atoms with Gasteiger partial charge in [0.25, 0.3) is 5.91 Å². The second-order valence-electron chi connectivity index (χ2n) is 16.1. The molecule has 17 heteroatoms. The summed E-state index contributed by atoms with van der Waals surface area (Å²) in [6.07, 6.45) is 1.71. The number of rotatable bonds is 18. The Morgan fingerprint density at radius 2 is 1.52 bits per heavy atom. The molecule has 3 aliphatic rings. The molecule has 0 aliphatic carbocycles. The van der Waals surface area contributed by atoms with Gasteiger partial charge in [0.2, 0.25) is 17.7 Å². The second-order valence-corrected chi connectivity index (χ2v) is 18.1. The fourth-order valence-corrected chi connectivity index (χ4v) is 8.81. The standard InChI is InChI=1S/C48H51N5O11S/c1-65(59,60)39-11-2-32(3-12-39)40-13-4-33-29-36(54)6-15-41(33)46(40)64-38-9-7-37(8-10-38)63-25-19-49-18-24-61-26-27-62-31-45(56)52-22-20-51(21-23-52)35-5-14-42-34(28-35)30-53(48(42)58)43-16-17-44(55)50-47(43)57/h2-15,28-29,43,49,54H,16-27,30-31H2,1H3,(H,50,55,57). The van der Waals surface area contributed by atoms with Gasteiger partial charge in [-0.2, -0.15) is 0 Å². The van der Waals surface area contributed by atoms with Crippen molar-refractivity contribution >= 4 is 49.9 Å². The molecular weight excluding hydrogens is 855 g/mol. The van der Waals surface area contributed by atoms with Crippen LogP contribution in [0, 0.1) is 0 Å². The van der Waals surface area contributed by atoms with Crippen LogP contribution < -0.4 is 25.0 Å². The molecule has 0 bridgehead atoms. The molecule has 4 amide bonds. The normalized spacial score (nSPS) is 16.5. The zero-order chi connectivity index (χ0) is 45.5. The van der Waals surface area contributed by atoms with Crippen molar-refractivity contribution in [2.75, 3.05) is 83.5 Å². The molecule has 1 unspecified atom stereocenters. The van der Waals surface area contributed by atoms with E-state index >= 15 is 0 Å². The summed E-state index contributed by atoms with van der Waals surface area (Å²) in [6.45, 7) is 5.40. The number of nitrogens with zero attached hydrogens (tertiary/aromatic N) is 3. The number of carbonyl (C=O) groups excluding carboxylic acids is 4. The van der Waals surface area contributed by atoms with Gasteiger partial charge in [-0.15, -0.1) is 0 Å². The lowest BCUT2D eigenvalue weighted by atomic mass is 9.99. The number of aromatic hydroxyl groups is 1. The summed E-state index contributed by atoms with van der Waals surface area (Å²) in [7, 11) is -3.35. The lowest BCUT2D eigenvalue weighted by molar-refractivity contribution is -0.138. The summed E-state index contributed by atoms with van der Waals surface area (Å²) in [6, 6.07) is 27.8. The number of fused-ring (bicyclic) bond motifs is 2. The van der Waals surface area contributed by atoms with Crippen LogP contribution in [0.4, 0.5) is 5.69 Å². The molecule has 2 saturated heterocycles. The summed E-state index contributed by atoms with van der Waals surface area (Å²) >= 11 is 0. The van der Waals surface area contributed by atoms with Crippen molar-refractivity contribution in [2.45, 2.75) is 30.3 Å². The van der Waals surface area contributed by atoms with Crippen LogP contribution in [-0.2, 0) is 40.2 Å². The molecule has 5 aromatic carbocycles. The van der Waals surface area contributed by atoms with Gasteiger partial charge < -0.3 is 44.1 Å². The maximum Gasteiger partial charge on any atom is 0.255 e. The van der Waals surface area contributed by atoms with Crippen molar-refractivity contribution in [3.05, 3.63) is 108 Å². The Balaban J connectivity index is 0.694. The molecule has 5 aromatic rings. The van der Waals surface area contributed by atoms with Gasteiger partial charge >= 0.3 is 0 Å². The molecule has 2 fully saturated rings. The van der Waals surface area contributed by atoms with Crippen LogP contribution in [0.15, 0.2) is 102 Å². The van der Waals surface area contributed by atoms with E-state index in [4.69, 9.17) is 18.9 Å². The maximum absolute atomic E-state index is 13.1. The number of phenols is 1. The van der Waals surface area contributed by atoms with E-state index in [-0.39, 0.29) is 41.4 Å². The predicted octanol–water partition coefficient (Wildman–Crippen LogP) is 4.52. The number of imide groups is 1. The molecule has 0 aromatic heterocycles. The molecular formula is C48H51N5O11S. The number of hydrogen-bond acceptors (Lipinski definition) is 13. The van der Waals surface area contributed by atoms with Gasteiger partial charge in [0.15, 0.2) is 9.84 Å². The summed E-state index contributed by atoms with van der Waals surface area (Å²) in [5, 5.41) is 17.3. The Kier molecular flexibility index (Phi) is 13.9. The Hall–Kier alpha value is -6.53. The zero-order valence-electron chi connectivity index (χ0n) is 36.0. The fraction of sp³-hybridized carbons (Fsp3) is 0.333. The van der Waals surface area contributed by atoms with Gasteiger partial charge in [0.1, 0.15) is 42.3 Å². The van der Waals surface area contributed by atoms with Crippen molar-refractivity contribution in [1.29, 1.82) is 0 Å². The first-order chi connectivity index (χ1) is 31.4. The summed E-state index contributed by atoms with van der Waals surface area (Å²) < 4.78 is 47.7. The molecule has 1 atom stereocenters. The smallest absolute Gasteiger partial charge is 0.255 e. The minimum atomic E-state index is -3.35. The van der Waals surface area contributed by atoms with Crippen LogP contribution >= 0.6 is 0 Å². The summed E-state index contributed by atoms with van der Waals surface area (Å²) in [5.41, 5.74) is 3.92. The second kappa shape index (κ2) is 20.1. The number of amides is 4. The van der Waals surface area contributed by atoms with Gasteiger partial charge in [0, 0.05) is 80.7 Å². The fourth-order valence-electron chi connectivity index (χ4n) is 8.18. The average Bonchev–Trinajstić information content (AvgIpc) is 3.63. The van der Waals surface area contributed by atoms with E-state index in [0.29, 0.717) is 101 Å². The Morgan fingerprint density at radius 1 is 0.800 bits per heavy atom. The highest BCUT2D eigenvalue weighted by Gasteiger charge is 2.39. The average molecular weight is 906 g/mol. The largest absolute Gasteiger partial charge is 0.508 e. The third-order valence-corrected chi connectivity index (χ3v) is 12.8. The quantitative estimate of drug-likeness (QED) is 0.0822. The number of anilines is 1. The number of piperazine rings is 1. The number of benzene rings is 5. The van der Waals surface area contributed by atoms with Crippen LogP contribution in [-0.4, -0.2) is 132 Å². The van der Waals surface area contributed by atoms with Crippen LogP contribution in [0.25, 0.3) is 21.9 Å². The van der Waals surface area contributed by atoms with Crippen molar-refractivity contribution in [1.82, 2.24) is 20.4 Å². The number of sulfone groups is 1. The van der Waals surface area contributed by atoms with Gasteiger partial charge in [-0.3, -0.25) is 24.5 Å². The van der Waals surface area contributed by atoms with Crippen LogP contribution in [0.3, 0.4) is 0 Å². The molecule has 65 heavy (non-hydrogen) atoms. The minimum Gasteiger partial charge on any atom is -0.508 e. The topological polar surface area (TPSA) is 193 Å². The van der Waals surface area contributed by atoms with Crippen LogP contribution in [0.2, 0.25) is 0 Å². The molecule has 3 aliphatic heterocycles. The van der Waals surface area contributed by atoms with Crippen molar-refractivity contribution in [3.8, 4) is 34.1 Å². The molecule has 340 valence electrons. The van der Waals surface area contributed by atoms with Gasteiger partial charge in [-0.1, -0.05) is 18.2 Å². The molecule has 3 heterocycles. The molecule has 0 radical (unpaired) electrons. The van der Waals surface area contributed by atoms with Gasteiger partial charge in [-0.25, -0.2) is 8.42 Å². The number of hydrogen-bond donors (Lipinski definition) is 3.